The molecule has 0 fully saturated rings. The molecular weight excluding hydrogens is 375 g/mol. The third kappa shape index (κ3) is 3.93. The highest BCUT2D eigenvalue weighted by Gasteiger charge is 2.24. The Morgan fingerprint density at radius 2 is 1.29 bits per heavy atom. The van der Waals surface area contributed by atoms with Crippen molar-refractivity contribution >= 4 is 27.5 Å². The van der Waals surface area contributed by atoms with E-state index < -0.39 is 50.2 Å². The Balaban J connectivity index is 2.35. The third-order valence-electron chi connectivity index (χ3n) is 2.97. The molecule has 0 saturated carbocycles. The van der Waals surface area contributed by atoms with Gasteiger partial charge >= 0.3 is 0 Å². The van der Waals surface area contributed by atoms with Gasteiger partial charge in [0.1, 0.15) is 0 Å². The van der Waals surface area contributed by atoms with Gasteiger partial charge in [0.15, 0.2) is 33.1 Å². The first-order valence-corrected chi connectivity index (χ1v) is 8.38. The lowest BCUT2D eigenvalue weighted by Crippen LogP contribution is -2.05. The van der Waals surface area contributed by atoms with E-state index in [0.717, 1.165) is 0 Å². The summed E-state index contributed by atoms with van der Waals surface area (Å²) in [5, 5.41) is 0.771. The summed E-state index contributed by atoms with van der Waals surface area (Å²) in [4.78, 5) is 0. The van der Waals surface area contributed by atoms with Gasteiger partial charge in [-0.1, -0.05) is 23.7 Å². The minimum atomic E-state index is -4.01. The molecule has 0 aliphatic carbocycles. The maximum atomic E-state index is 13.5. The average Bonchev–Trinajstić information content (AvgIpc) is 2.53. The van der Waals surface area contributed by atoms with E-state index in [4.69, 9.17) is 11.6 Å². The lowest BCUT2D eigenvalue weighted by molar-refractivity contribution is 0.377. The van der Waals surface area contributed by atoms with Crippen LogP contribution >= 0.6 is 11.6 Å². The van der Waals surface area contributed by atoms with Crippen LogP contribution in [0.2, 0.25) is 5.02 Å². The monoisotopic (exact) mass is 382 g/mol. The molecule has 0 atom stereocenters. The van der Waals surface area contributed by atoms with Gasteiger partial charge in [0.25, 0.3) is 0 Å². The van der Waals surface area contributed by atoms with Crippen molar-refractivity contribution in [2.24, 2.45) is 0 Å². The van der Waals surface area contributed by atoms with Crippen molar-refractivity contribution in [2.75, 3.05) is 0 Å². The van der Waals surface area contributed by atoms with Gasteiger partial charge in [-0.2, -0.15) is 0 Å². The summed E-state index contributed by atoms with van der Waals surface area (Å²) in [6.07, 6.45) is 0.335. The standard InChI is InChI=1S/C15H8ClF5O2S/c16-9-3-1-8(2-4-9)7-24(22,23)6-5-10-11(17)13(19)15(21)14(20)12(10)18/h1-6H,7H2. The highest BCUT2D eigenvalue weighted by Crippen LogP contribution is 2.24. The Labute approximate surface area is 139 Å². The van der Waals surface area contributed by atoms with Crippen molar-refractivity contribution in [3.8, 4) is 0 Å². The molecule has 9 heteroatoms. The maximum absolute atomic E-state index is 13.5. The predicted octanol–water partition coefficient (Wildman–Crippen LogP) is 4.62. The van der Waals surface area contributed by atoms with Crippen LogP contribution < -0.4 is 0 Å². The summed E-state index contributed by atoms with van der Waals surface area (Å²) in [6, 6.07) is 5.73. The van der Waals surface area contributed by atoms with Crippen molar-refractivity contribution in [1.29, 1.82) is 0 Å². The summed E-state index contributed by atoms with van der Waals surface area (Å²) in [5.41, 5.74) is -0.993. The van der Waals surface area contributed by atoms with E-state index in [1.165, 1.54) is 24.3 Å². The van der Waals surface area contributed by atoms with E-state index in [2.05, 4.69) is 0 Å². The van der Waals surface area contributed by atoms with Crippen LogP contribution in [0.3, 0.4) is 0 Å². The molecule has 0 radical (unpaired) electrons. The van der Waals surface area contributed by atoms with Crippen LogP contribution in [0, 0.1) is 29.1 Å². The quantitative estimate of drug-likeness (QED) is 0.439. The van der Waals surface area contributed by atoms with E-state index in [1.54, 1.807) is 0 Å². The Hall–Kier alpha value is -1.93. The molecule has 0 spiro atoms. The van der Waals surface area contributed by atoms with Gasteiger partial charge in [0.05, 0.1) is 11.3 Å². The van der Waals surface area contributed by atoms with Crippen molar-refractivity contribution in [3.05, 3.63) is 74.9 Å². The molecule has 0 N–H and O–H groups in total. The number of hydrogen-bond donors (Lipinski definition) is 0. The fourth-order valence-electron chi connectivity index (χ4n) is 1.80. The van der Waals surface area contributed by atoms with Crippen LogP contribution in [0.25, 0.3) is 6.08 Å². The summed E-state index contributed by atoms with van der Waals surface area (Å²) in [7, 11) is -4.01. The molecule has 128 valence electrons. The second-order valence-corrected chi connectivity index (χ2v) is 7.04. The van der Waals surface area contributed by atoms with E-state index in [0.29, 0.717) is 22.1 Å². The first-order valence-electron chi connectivity index (χ1n) is 6.29. The summed E-state index contributed by atoms with van der Waals surface area (Å²) >= 11 is 5.65. The molecule has 0 amide bonds. The van der Waals surface area contributed by atoms with E-state index in [9.17, 15) is 30.4 Å². The molecule has 0 aromatic heterocycles. The molecule has 0 heterocycles. The molecule has 24 heavy (non-hydrogen) atoms. The van der Waals surface area contributed by atoms with E-state index in [-0.39, 0.29) is 0 Å². The van der Waals surface area contributed by atoms with Crippen LogP contribution in [0.1, 0.15) is 11.1 Å². The van der Waals surface area contributed by atoms with E-state index >= 15 is 0 Å². The van der Waals surface area contributed by atoms with Gasteiger partial charge in [-0.05, 0) is 23.8 Å². The normalized spacial score (nSPS) is 12.1. The van der Waals surface area contributed by atoms with Gasteiger partial charge in [-0.25, -0.2) is 30.4 Å². The molecule has 0 aliphatic rings. The Kier molecular flexibility index (Phi) is 5.29. The molecule has 2 rings (SSSR count). The zero-order chi connectivity index (χ0) is 18.1. The van der Waals surface area contributed by atoms with Crippen molar-refractivity contribution in [2.45, 2.75) is 5.75 Å². The highest BCUT2D eigenvalue weighted by atomic mass is 35.5. The van der Waals surface area contributed by atoms with Crippen molar-refractivity contribution in [3.63, 3.8) is 0 Å². The second-order valence-electron chi connectivity index (χ2n) is 4.72. The molecule has 0 aliphatic heterocycles. The van der Waals surface area contributed by atoms with Crippen molar-refractivity contribution < 1.29 is 30.4 Å². The Bertz CT molecular complexity index is 879. The zero-order valence-corrected chi connectivity index (χ0v) is 13.2. The number of halogens is 6. The third-order valence-corrected chi connectivity index (χ3v) is 4.51. The van der Waals surface area contributed by atoms with Crippen LogP contribution in [0.15, 0.2) is 29.7 Å². The summed E-state index contributed by atoms with van der Waals surface area (Å²) < 4.78 is 89.7. The second kappa shape index (κ2) is 6.90. The average molecular weight is 383 g/mol. The zero-order valence-electron chi connectivity index (χ0n) is 11.7. The number of hydrogen-bond acceptors (Lipinski definition) is 2. The van der Waals surface area contributed by atoms with Gasteiger partial charge in [-0.3, -0.25) is 0 Å². The van der Waals surface area contributed by atoms with E-state index in [1.807, 2.05) is 0 Å². The summed E-state index contributed by atoms with van der Waals surface area (Å²) in [6.45, 7) is 0. The molecular formula is C15H8ClF5O2S. The fraction of sp³-hybridized carbons (Fsp3) is 0.0667. The molecule has 0 unspecified atom stereocenters. The number of rotatable bonds is 4. The van der Waals surface area contributed by atoms with Gasteiger partial charge < -0.3 is 0 Å². The molecule has 2 aromatic carbocycles. The molecule has 0 bridgehead atoms. The summed E-state index contributed by atoms with van der Waals surface area (Å²) in [5.74, 6) is -11.4. The SMILES string of the molecule is O=S(=O)(C=Cc1c(F)c(F)c(F)c(F)c1F)Cc1ccc(Cl)cc1. The minimum absolute atomic E-state index is 0.335. The van der Waals surface area contributed by atoms with Gasteiger partial charge in [0.2, 0.25) is 5.82 Å². The van der Waals surface area contributed by atoms with Crippen LogP contribution in [0.4, 0.5) is 22.0 Å². The van der Waals surface area contributed by atoms with Gasteiger partial charge in [0, 0.05) is 10.4 Å². The topological polar surface area (TPSA) is 34.1 Å². The largest absolute Gasteiger partial charge is 0.224 e. The molecule has 2 aromatic rings. The molecule has 2 nitrogen and oxygen atoms in total. The van der Waals surface area contributed by atoms with Crippen LogP contribution in [-0.2, 0) is 15.6 Å². The lowest BCUT2D eigenvalue weighted by Gasteiger charge is -2.04. The maximum Gasteiger partial charge on any atom is 0.200 e. The van der Waals surface area contributed by atoms with Crippen LogP contribution in [-0.4, -0.2) is 8.42 Å². The Morgan fingerprint density at radius 1 is 0.833 bits per heavy atom. The minimum Gasteiger partial charge on any atom is -0.224 e. The van der Waals surface area contributed by atoms with Crippen molar-refractivity contribution in [1.82, 2.24) is 0 Å². The molecule has 0 saturated heterocycles. The first kappa shape index (κ1) is 18.4. The number of sulfone groups is 1. The fourth-order valence-corrected chi connectivity index (χ4v) is 3.02. The first-order chi connectivity index (χ1) is 11.1. The predicted molar refractivity (Wildman–Crippen MR) is 79.3 cm³/mol. The van der Waals surface area contributed by atoms with Gasteiger partial charge in [-0.15, -0.1) is 0 Å². The lowest BCUT2D eigenvalue weighted by atomic mass is 10.1. The smallest absolute Gasteiger partial charge is 0.200 e. The highest BCUT2D eigenvalue weighted by molar-refractivity contribution is 7.93. The number of benzene rings is 2. The van der Waals surface area contributed by atoms with Crippen LogP contribution in [0.5, 0.6) is 0 Å². The Morgan fingerprint density at radius 3 is 1.79 bits per heavy atom.